The third kappa shape index (κ3) is 4.30. The van der Waals surface area contributed by atoms with Gasteiger partial charge in [-0.1, -0.05) is 35.0 Å². The molecule has 0 amide bonds. The first-order valence-corrected chi connectivity index (χ1v) is 9.45. The molecular formula is C16H13ClN4O5S. The van der Waals surface area contributed by atoms with Crippen LogP contribution in [0.1, 0.15) is 11.5 Å². The zero-order valence-electron chi connectivity index (χ0n) is 13.9. The van der Waals surface area contributed by atoms with Gasteiger partial charge in [0.2, 0.25) is 21.7 Å². The molecule has 0 aliphatic heterocycles. The molecule has 3 aromatic rings. The van der Waals surface area contributed by atoms with E-state index in [0.717, 1.165) is 6.07 Å². The van der Waals surface area contributed by atoms with Crippen LogP contribution in [0.5, 0.6) is 0 Å². The number of hydrogen-bond donors (Lipinski definition) is 1. The molecular weight excluding hydrogens is 396 g/mol. The molecule has 0 aliphatic carbocycles. The van der Waals surface area contributed by atoms with E-state index in [-0.39, 0.29) is 28.8 Å². The van der Waals surface area contributed by atoms with E-state index in [0.29, 0.717) is 16.1 Å². The van der Waals surface area contributed by atoms with Gasteiger partial charge in [0.05, 0.1) is 16.4 Å². The second kappa shape index (κ2) is 7.43. The predicted octanol–water partition coefficient (Wildman–Crippen LogP) is 3.09. The van der Waals surface area contributed by atoms with Crippen LogP contribution in [0.3, 0.4) is 0 Å². The number of halogens is 1. The van der Waals surface area contributed by atoms with Crippen LogP contribution in [-0.4, -0.2) is 23.5 Å². The number of sulfonamides is 1. The highest BCUT2D eigenvalue weighted by atomic mass is 35.5. The Kier molecular flexibility index (Phi) is 5.22. The molecule has 0 radical (unpaired) electrons. The Morgan fingerprint density at radius 1 is 1.26 bits per heavy atom. The van der Waals surface area contributed by atoms with Gasteiger partial charge in [-0.15, -0.1) is 0 Å². The van der Waals surface area contributed by atoms with Crippen LogP contribution >= 0.6 is 11.6 Å². The zero-order valence-corrected chi connectivity index (χ0v) is 15.5. The Bertz CT molecular complexity index is 1110. The van der Waals surface area contributed by atoms with Gasteiger partial charge in [0, 0.05) is 22.2 Å². The summed E-state index contributed by atoms with van der Waals surface area (Å²) in [6, 6.07) is 10.5. The third-order valence-electron chi connectivity index (χ3n) is 3.65. The van der Waals surface area contributed by atoms with Gasteiger partial charge in [0.15, 0.2) is 0 Å². The molecule has 1 aromatic heterocycles. The molecule has 9 nitrogen and oxygen atoms in total. The van der Waals surface area contributed by atoms with Crippen molar-refractivity contribution in [3.05, 3.63) is 69.1 Å². The van der Waals surface area contributed by atoms with Gasteiger partial charge in [0.1, 0.15) is 0 Å². The summed E-state index contributed by atoms with van der Waals surface area (Å²) in [5, 5.41) is 15.3. The van der Waals surface area contributed by atoms with E-state index in [4.69, 9.17) is 16.1 Å². The van der Waals surface area contributed by atoms with Crippen molar-refractivity contribution in [3.8, 4) is 11.4 Å². The summed E-state index contributed by atoms with van der Waals surface area (Å²) in [5.74, 6) is 0.299. The van der Waals surface area contributed by atoms with Gasteiger partial charge in [0.25, 0.3) is 5.69 Å². The first-order chi connectivity index (χ1) is 12.8. The molecule has 1 heterocycles. The monoisotopic (exact) mass is 408 g/mol. The van der Waals surface area contributed by atoms with Crippen molar-refractivity contribution in [2.75, 3.05) is 0 Å². The topological polar surface area (TPSA) is 128 Å². The fourth-order valence-electron chi connectivity index (χ4n) is 2.26. The maximum Gasteiger partial charge on any atom is 0.273 e. The van der Waals surface area contributed by atoms with Gasteiger partial charge >= 0.3 is 0 Å². The Morgan fingerprint density at radius 3 is 2.74 bits per heavy atom. The van der Waals surface area contributed by atoms with E-state index in [1.807, 2.05) is 0 Å². The van der Waals surface area contributed by atoms with Crippen LogP contribution in [0.2, 0.25) is 5.02 Å². The molecule has 11 heteroatoms. The summed E-state index contributed by atoms with van der Waals surface area (Å²) < 4.78 is 32.1. The van der Waals surface area contributed by atoms with Gasteiger partial charge in [-0.3, -0.25) is 10.1 Å². The Balaban J connectivity index is 1.77. The third-order valence-corrected chi connectivity index (χ3v) is 5.29. The highest BCUT2D eigenvalue weighted by Gasteiger charge is 2.20. The maximum absolute atomic E-state index is 12.4. The van der Waals surface area contributed by atoms with E-state index >= 15 is 0 Å². The largest absolute Gasteiger partial charge is 0.338 e. The minimum atomic E-state index is -4.00. The molecule has 0 bridgehead atoms. The second-order valence-electron chi connectivity index (χ2n) is 5.55. The normalized spacial score (nSPS) is 11.5. The number of nitro groups is 1. The van der Waals surface area contributed by atoms with Crippen molar-refractivity contribution < 1.29 is 17.9 Å². The van der Waals surface area contributed by atoms with Gasteiger partial charge in [-0.2, -0.15) is 4.98 Å². The Labute approximate surface area is 159 Å². The van der Waals surface area contributed by atoms with Crippen LogP contribution in [-0.2, 0) is 16.6 Å². The first-order valence-electron chi connectivity index (χ1n) is 7.59. The molecule has 1 N–H and O–H groups in total. The van der Waals surface area contributed by atoms with E-state index in [9.17, 15) is 18.5 Å². The molecule has 0 fully saturated rings. The highest BCUT2D eigenvalue weighted by molar-refractivity contribution is 7.89. The van der Waals surface area contributed by atoms with Crippen LogP contribution in [0.15, 0.2) is 51.9 Å². The van der Waals surface area contributed by atoms with Crippen molar-refractivity contribution >= 4 is 27.3 Å². The summed E-state index contributed by atoms with van der Waals surface area (Å²) in [6.45, 7) is 1.26. The Morgan fingerprint density at radius 2 is 2.04 bits per heavy atom. The Hall–Kier alpha value is -2.82. The summed E-state index contributed by atoms with van der Waals surface area (Å²) >= 11 is 5.91. The summed E-state index contributed by atoms with van der Waals surface area (Å²) in [5.41, 5.74) is 0.704. The molecule has 2 aromatic carbocycles. The van der Waals surface area contributed by atoms with Crippen LogP contribution in [0.4, 0.5) is 5.69 Å². The van der Waals surface area contributed by atoms with Crippen molar-refractivity contribution in [1.82, 2.24) is 14.9 Å². The number of nitrogens with one attached hydrogen (secondary N) is 1. The van der Waals surface area contributed by atoms with E-state index in [1.54, 1.807) is 24.3 Å². The number of rotatable bonds is 6. The lowest BCUT2D eigenvalue weighted by Crippen LogP contribution is -2.23. The molecule has 0 spiro atoms. The molecule has 0 saturated carbocycles. The van der Waals surface area contributed by atoms with Crippen molar-refractivity contribution in [2.24, 2.45) is 0 Å². The molecule has 0 atom stereocenters. The van der Waals surface area contributed by atoms with Gasteiger partial charge < -0.3 is 4.52 Å². The molecule has 27 heavy (non-hydrogen) atoms. The zero-order chi connectivity index (χ0) is 19.6. The minimum Gasteiger partial charge on any atom is -0.338 e. The minimum absolute atomic E-state index is 0.0372. The van der Waals surface area contributed by atoms with Gasteiger partial charge in [-0.05, 0) is 25.1 Å². The molecule has 140 valence electrons. The number of nitrogens with zero attached hydrogens (tertiary/aromatic N) is 3. The van der Waals surface area contributed by atoms with Gasteiger partial charge in [-0.25, -0.2) is 13.1 Å². The quantitative estimate of drug-likeness (QED) is 0.490. The average molecular weight is 409 g/mol. The first kappa shape index (κ1) is 19.0. The molecule has 0 unspecified atom stereocenters. The standard InChI is InChI=1S/C16H13ClN4O5S/c1-10-5-6-13(8-14(10)21(22)23)27(24,25)18-9-15-19-16(20-26-15)11-3-2-4-12(17)7-11/h2-8,18H,9H2,1H3. The van der Waals surface area contributed by atoms with Crippen molar-refractivity contribution in [1.29, 1.82) is 0 Å². The summed E-state index contributed by atoms with van der Waals surface area (Å²) in [6.07, 6.45) is 0. The second-order valence-corrected chi connectivity index (χ2v) is 7.76. The lowest BCUT2D eigenvalue weighted by Gasteiger charge is -2.05. The molecule has 0 aliphatic rings. The fourth-order valence-corrected chi connectivity index (χ4v) is 3.45. The lowest BCUT2D eigenvalue weighted by molar-refractivity contribution is -0.385. The number of benzene rings is 2. The van der Waals surface area contributed by atoms with Crippen LogP contribution in [0.25, 0.3) is 11.4 Å². The smallest absolute Gasteiger partial charge is 0.273 e. The van der Waals surface area contributed by atoms with E-state index in [2.05, 4.69) is 14.9 Å². The summed E-state index contributed by atoms with van der Waals surface area (Å²) in [4.78, 5) is 14.2. The van der Waals surface area contributed by atoms with E-state index < -0.39 is 14.9 Å². The highest BCUT2D eigenvalue weighted by Crippen LogP contribution is 2.23. The number of nitro benzene ring substituents is 1. The van der Waals surface area contributed by atoms with Crippen molar-refractivity contribution in [2.45, 2.75) is 18.4 Å². The molecule has 3 rings (SSSR count). The van der Waals surface area contributed by atoms with E-state index in [1.165, 1.54) is 19.1 Å². The summed E-state index contributed by atoms with van der Waals surface area (Å²) in [7, 11) is -4.00. The number of aryl methyl sites for hydroxylation is 1. The lowest BCUT2D eigenvalue weighted by atomic mass is 10.2. The number of aromatic nitrogens is 2. The average Bonchev–Trinajstić information content (AvgIpc) is 3.09. The SMILES string of the molecule is Cc1ccc(S(=O)(=O)NCc2nc(-c3cccc(Cl)c3)no2)cc1[N+](=O)[O-]. The predicted molar refractivity (Wildman–Crippen MR) is 96.6 cm³/mol. The van der Waals surface area contributed by atoms with Crippen LogP contribution in [0, 0.1) is 17.0 Å². The van der Waals surface area contributed by atoms with Crippen molar-refractivity contribution in [3.63, 3.8) is 0 Å². The maximum atomic E-state index is 12.4. The fraction of sp³-hybridized carbons (Fsp3) is 0.125. The molecule has 0 saturated heterocycles. The number of hydrogen-bond acceptors (Lipinski definition) is 7. The van der Waals surface area contributed by atoms with Crippen LogP contribution < -0.4 is 4.72 Å².